The largest absolute Gasteiger partial charge is 0.302 e. The fraction of sp³-hybridized carbons (Fsp3) is 0.429. The highest BCUT2D eigenvalue weighted by molar-refractivity contribution is 9.10. The van der Waals surface area contributed by atoms with E-state index in [-0.39, 0.29) is 0 Å². The minimum absolute atomic E-state index is 0.574. The zero-order chi connectivity index (χ0) is 11.8. The Bertz CT molecular complexity index is 450. The lowest BCUT2D eigenvalue weighted by atomic mass is 9.89. The fourth-order valence-corrected chi connectivity index (χ4v) is 3.16. The van der Waals surface area contributed by atoms with E-state index < -0.39 is 0 Å². The molecular weight excluding hydrogens is 276 g/mol. The summed E-state index contributed by atoms with van der Waals surface area (Å²) in [7, 11) is 0. The summed E-state index contributed by atoms with van der Waals surface area (Å²) in [5.74, 6) is 0. The molecule has 0 aromatic heterocycles. The Morgan fingerprint density at radius 2 is 2.00 bits per heavy atom. The van der Waals surface area contributed by atoms with Gasteiger partial charge in [-0.3, -0.25) is 5.01 Å². The van der Waals surface area contributed by atoms with Crippen molar-refractivity contribution in [2.45, 2.75) is 38.6 Å². The first-order valence-corrected chi connectivity index (χ1v) is 7.06. The summed E-state index contributed by atoms with van der Waals surface area (Å²) in [6, 6.07) is 9.12. The summed E-state index contributed by atoms with van der Waals surface area (Å²) in [4.78, 5) is 0. The van der Waals surface area contributed by atoms with E-state index in [1.54, 1.807) is 5.57 Å². The maximum Gasteiger partial charge on any atom is 0.0733 e. The third-order valence-corrected chi connectivity index (χ3v) is 4.29. The van der Waals surface area contributed by atoms with Crippen LogP contribution in [0.4, 0.5) is 5.69 Å². The number of rotatable bonds is 1. The van der Waals surface area contributed by atoms with Crippen LogP contribution in [-0.2, 0) is 0 Å². The molecule has 0 amide bonds. The van der Waals surface area contributed by atoms with Gasteiger partial charge in [0.2, 0.25) is 0 Å². The van der Waals surface area contributed by atoms with Crippen molar-refractivity contribution in [2.75, 3.05) is 5.01 Å². The van der Waals surface area contributed by atoms with E-state index in [0.717, 1.165) is 4.47 Å². The molecule has 1 N–H and O–H groups in total. The Labute approximate surface area is 111 Å². The summed E-state index contributed by atoms with van der Waals surface area (Å²) in [5.41, 5.74) is 7.76. The number of nitrogens with one attached hydrogen (secondary N) is 1. The number of hydrogen-bond acceptors (Lipinski definition) is 2. The molecule has 0 radical (unpaired) electrons. The molecule has 1 aliphatic heterocycles. The average Bonchev–Trinajstić information content (AvgIpc) is 2.69. The van der Waals surface area contributed by atoms with Crippen molar-refractivity contribution in [2.24, 2.45) is 0 Å². The standard InChI is InChI=1S/C14H17BrN2/c1-10-13-4-2-3-5-14(13)17(16-10)12-8-6-11(15)7-9-12/h6-9,14,16H,2-5H2,1H3. The van der Waals surface area contributed by atoms with Crippen molar-refractivity contribution in [1.29, 1.82) is 0 Å². The lowest BCUT2D eigenvalue weighted by molar-refractivity contribution is 0.516. The number of allylic oxidation sites excluding steroid dienone is 1. The molecule has 1 fully saturated rings. The zero-order valence-electron chi connectivity index (χ0n) is 10.0. The SMILES string of the molecule is CC1=C2CCCCC2N(c2ccc(Br)cc2)N1. The summed E-state index contributed by atoms with van der Waals surface area (Å²) >= 11 is 3.49. The van der Waals surface area contributed by atoms with Gasteiger partial charge in [-0.15, -0.1) is 0 Å². The molecule has 3 rings (SSSR count). The van der Waals surface area contributed by atoms with Gasteiger partial charge in [0.25, 0.3) is 0 Å². The third kappa shape index (κ3) is 1.97. The van der Waals surface area contributed by atoms with Crippen LogP contribution < -0.4 is 10.4 Å². The molecule has 1 aliphatic carbocycles. The molecule has 0 bridgehead atoms. The molecule has 2 aliphatic rings. The molecule has 0 spiro atoms. The second kappa shape index (κ2) is 4.37. The average molecular weight is 293 g/mol. The van der Waals surface area contributed by atoms with Crippen molar-refractivity contribution >= 4 is 21.6 Å². The predicted octanol–water partition coefficient (Wildman–Crippen LogP) is 3.99. The van der Waals surface area contributed by atoms with Crippen LogP contribution in [0.2, 0.25) is 0 Å². The van der Waals surface area contributed by atoms with E-state index in [0.29, 0.717) is 6.04 Å². The van der Waals surface area contributed by atoms with Crippen molar-refractivity contribution < 1.29 is 0 Å². The monoisotopic (exact) mass is 292 g/mol. The Hall–Kier alpha value is -0.960. The smallest absolute Gasteiger partial charge is 0.0733 e. The van der Waals surface area contributed by atoms with Crippen LogP contribution >= 0.6 is 15.9 Å². The van der Waals surface area contributed by atoms with Crippen LogP contribution in [0.25, 0.3) is 0 Å². The van der Waals surface area contributed by atoms with Crippen molar-refractivity contribution in [3.63, 3.8) is 0 Å². The van der Waals surface area contributed by atoms with Crippen molar-refractivity contribution in [1.82, 2.24) is 5.43 Å². The first-order valence-electron chi connectivity index (χ1n) is 6.27. The van der Waals surface area contributed by atoms with Crippen LogP contribution in [0.1, 0.15) is 32.6 Å². The van der Waals surface area contributed by atoms with Crippen LogP contribution in [0.5, 0.6) is 0 Å². The van der Waals surface area contributed by atoms with Gasteiger partial charge in [-0.1, -0.05) is 22.4 Å². The minimum atomic E-state index is 0.574. The Morgan fingerprint density at radius 1 is 1.24 bits per heavy atom. The molecule has 1 unspecified atom stereocenters. The zero-order valence-corrected chi connectivity index (χ0v) is 11.6. The highest BCUT2D eigenvalue weighted by Crippen LogP contribution is 2.36. The predicted molar refractivity (Wildman–Crippen MR) is 74.7 cm³/mol. The highest BCUT2D eigenvalue weighted by Gasteiger charge is 2.32. The Balaban J connectivity index is 1.89. The third-order valence-electron chi connectivity index (χ3n) is 3.76. The number of hydrogen-bond donors (Lipinski definition) is 1. The number of halogens is 1. The molecule has 1 heterocycles. The van der Waals surface area contributed by atoms with E-state index >= 15 is 0 Å². The molecule has 3 heteroatoms. The number of nitrogens with zero attached hydrogens (tertiary/aromatic N) is 1. The molecule has 1 aromatic carbocycles. The van der Waals surface area contributed by atoms with Gasteiger partial charge >= 0.3 is 0 Å². The molecule has 1 saturated carbocycles. The second-order valence-electron chi connectivity index (χ2n) is 4.87. The molecular formula is C14H17BrN2. The first-order chi connectivity index (χ1) is 8.25. The summed E-state index contributed by atoms with van der Waals surface area (Å²) in [6.07, 6.45) is 5.22. The maximum atomic E-state index is 3.53. The van der Waals surface area contributed by atoms with Crippen LogP contribution in [-0.4, -0.2) is 6.04 Å². The quantitative estimate of drug-likeness (QED) is 0.842. The van der Waals surface area contributed by atoms with Gasteiger partial charge in [0, 0.05) is 10.2 Å². The van der Waals surface area contributed by atoms with Gasteiger partial charge in [-0.2, -0.15) is 0 Å². The lowest BCUT2D eigenvalue weighted by Crippen LogP contribution is -2.40. The summed E-state index contributed by atoms with van der Waals surface area (Å²) in [5, 5.41) is 2.33. The lowest BCUT2D eigenvalue weighted by Gasteiger charge is -2.31. The Kier molecular flexibility index (Phi) is 2.87. The number of benzene rings is 1. The number of hydrazine groups is 1. The van der Waals surface area contributed by atoms with E-state index in [9.17, 15) is 0 Å². The van der Waals surface area contributed by atoms with Crippen LogP contribution in [0.3, 0.4) is 0 Å². The van der Waals surface area contributed by atoms with Crippen LogP contribution in [0.15, 0.2) is 40.0 Å². The number of fused-ring (bicyclic) bond motifs is 1. The van der Waals surface area contributed by atoms with Gasteiger partial charge in [0.05, 0.1) is 11.7 Å². The minimum Gasteiger partial charge on any atom is -0.302 e. The molecule has 0 saturated heterocycles. The topological polar surface area (TPSA) is 15.3 Å². The fourth-order valence-electron chi connectivity index (χ4n) is 2.89. The van der Waals surface area contributed by atoms with E-state index in [4.69, 9.17) is 0 Å². The van der Waals surface area contributed by atoms with Crippen molar-refractivity contribution in [3.05, 3.63) is 40.0 Å². The van der Waals surface area contributed by atoms with Gasteiger partial charge in [-0.25, -0.2) is 0 Å². The highest BCUT2D eigenvalue weighted by atomic mass is 79.9. The van der Waals surface area contributed by atoms with E-state index in [1.807, 2.05) is 0 Å². The Morgan fingerprint density at radius 3 is 2.76 bits per heavy atom. The number of anilines is 1. The van der Waals surface area contributed by atoms with Gasteiger partial charge in [0.1, 0.15) is 0 Å². The molecule has 1 aromatic rings. The van der Waals surface area contributed by atoms with Gasteiger partial charge < -0.3 is 5.43 Å². The van der Waals surface area contributed by atoms with Gasteiger partial charge in [0.15, 0.2) is 0 Å². The molecule has 2 nitrogen and oxygen atoms in total. The van der Waals surface area contributed by atoms with E-state index in [1.165, 1.54) is 37.1 Å². The first kappa shape index (κ1) is 11.1. The summed E-state index contributed by atoms with van der Waals surface area (Å²) < 4.78 is 1.13. The van der Waals surface area contributed by atoms with Gasteiger partial charge in [-0.05, 0) is 56.0 Å². The molecule has 90 valence electrons. The van der Waals surface area contributed by atoms with Crippen LogP contribution in [0, 0.1) is 0 Å². The van der Waals surface area contributed by atoms with E-state index in [2.05, 4.69) is 57.6 Å². The summed E-state index contributed by atoms with van der Waals surface area (Å²) in [6.45, 7) is 2.20. The molecule has 17 heavy (non-hydrogen) atoms. The normalized spacial score (nSPS) is 23.6. The van der Waals surface area contributed by atoms with Crippen molar-refractivity contribution in [3.8, 4) is 0 Å². The maximum absolute atomic E-state index is 3.53. The second-order valence-corrected chi connectivity index (χ2v) is 5.79. The molecule has 1 atom stereocenters.